The van der Waals surface area contributed by atoms with Crippen LogP contribution in [0.3, 0.4) is 0 Å². The molecule has 0 aromatic carbocycles. The second-order valence-electron chi connectivity index (χ2n) is 6.07. The van der Waals surface area contributed by atoms with Gasteiger partial charge in [0.05, 0.1) is 6.17 Å². The number of hydrogen-bond donors (Lipinski definition) is 4. The molecule has 0 aromatic rings. The first-order chi connectivity index (χ1) is 15.4. The van der Waals surface area contributed by atoms with Crippen LogP contribution in [-0.2, 0) is 0 Å². The minimum Gasteiger partial charge on any atom is -0.396 e. The van der Waals surface area contributed by atoms with E-state index < -0.39 is 11.7 Å². The summed E-state index contributed by atoms with van der Waals surface area (Å²) in [7, 11) is 0. The van der Waals surface area contributed by atoms with E-state index in [4.69, 9.17) is 5.11 Å². The number of aliphatic hydroxyl groups excluding tert-OH is 1. The van der Waals surface area contributed by atoms with Crippen molar-refractivity contribution in [2.24, 2.45) is 3.95 Å². The number of nitrogens with one attached hydrogen (secondary N) is 2. The van der Waals surface area contributed by atoms with Crippen molar-refractivity contribution in [3.05, 3.63) is 48.2 Å². The van der Waals surface area contributed by atoms with Gasteiger partial charge in [-0.15, -0.1) is 0 Å². The fourth-order valence-corrected chi connectivity index (χ4v) is 2.19. The van der Waals surface area contributed by atoms with E-state index in [1.807, 2.05) is 27.7 Å². The molecule has 192 valence electrons. The molecule has 0 bridgehead atoms. The molecule has 4 nitrogen and oxygen atoms in total. The number of alkyl halides is 3. The molecule has 0 heterocycles. The molecule has 0 fully saturated rings. The molecule has 0 aliphatic carbocycles. The quantitative estimate of drug-likeness (QED) is 0.0436. The molecule has 1 atom stereocenters. The molecule has 0 saturated carbocycles. The SMILES string of the molecule is C=CC(N/C=C/C(/C=C\CCO)=C(/C)C(F)(F)F)NCCCCCCC.CC.CC.NI. The topological polar surface area (TPSA) is 70.3 Å². The second kappa shape index (κ2) is 30.2. The molecule has 5 N–H and O–H groups in total. The molecule has 0 amide bonds. The fraction of sp³-hybridized carbons (Fsp3) is 0.667. The van der Waals surface area contributed by atoms with Crippen molar-refractivity contribution in [2.45, 2.75) is 92.4 Å². The lowest BCUT2D eigenvalue weighted by molar-refractivity contribution is -0.0917. The van der Waals surface area contributed by atoms with Gasteiger partial charge < -0.3 is 10.4 Å². The number of rotatable bonds is 14. The van der Waals surface area contributed by atoms with Crippen LogP contribution in [0.2, 0.25) is 0 Å². The number of nitrogens with two attached hydrogens (primary N) is 1. The normalized spacial score (nSPS) is 12.5. The van der Waals surface area contributed by atoms with Crippen molar-refractivity contribution < 1.29 is 18.3 Å². The van der Waals surface area contributed by atoms with Crippen molar-refractivity contribution in [3.63, 3.8) is 0 Å². The second-order valence-corrected chi connectivity index (χ2v) is 6.07. The van der Waals surface area contributed by atoms with Crippen LogP contribution in [0.25, 0.3) is 0 Å². The number of unbranched alkanes of at least 4 members (excludes halogenated alkanes) is 4. The third kappa shape index (κ3) is 25.4. The molecule has 0 aliphatic rings. The molecule has 0 aromatic heterocycles. The smallest absolute Gasteiger partial charge is 0.396 e. The predicted octanol–water partition coefficient (Wildman–Crippen LogP) is 7.33. The molecular formula is C24H47F3IN3O. The maximum atomic E-state index is 12.9. The first-order valence-corrected chi connectivity index (χ1v) is 12.7. The average Bonchev–Trinajstić information content (AvgIpc) is 2.82. The molecule has 0 radical (unpaired) electrons. The summed E-state index contributed by atoms with van der Waals surface area (Å²) in [5, 5.41) is 15.0. The Morgan fingerprint density at radius 3 is 2.09 bits per heavy atom. The first-order valence-electron chi connectivity index (χ1n) is 11.4. The Bertz CT molecular complexity index is 480. The van der Waals surface area contributed by atoms with Gasteiger partial charge in [0.2, 0.25) is 0 Å². The van der Waals surface area contributed by atoms with Gasteiger partial charge in [-0.05, 0) is 44.2 Å². The molecule has 8 heteroatoms. The summed E-state index contributed by atoms with van der Waals surface area (Å²) in [6, 6.07) is 0. The number of aliphatic hydroxyl groups is 1. The molecule has 1 unspecified atom stereocenters. The lowest BCUT2D eigenvalue weighted by atomic mass is 10.1. The van der Waals surface area contributed by atoms with Gasteiger partial charge in [-0.25, -0.2) is 0 Å². The van der Waals surface area contributed by atoms with Crippen molar-refractivity contribution in [1.82, 2.24) is 10.6 Å². The Morgan fingerprint density at radius 1 is 1.06 bits per heavy atom. The Labute approximate surface area is 209 Å². The highest BCUT2D eigenvalue weighted by molar-refractivity contribution is 14.1. The summed E-state index contributed by atoms with van der Waals surface area (Å²) in [5.41, 5.74) is -0.621. The van der Waals surface area contributed by atoms with E-state index in [1.54, 1.807) is 28.9 Å². The van der Waals surface area contributed by atoms with Gasteiger partial charge in [0, 0.05) is 35.0 Å². The monoisotopic (exact) mass is 577 g/mol. The van der Waals surface area contributed by atoms with E-state index in [1.165, 1.54) is 43.7 Å². The van der Waals surface area contributed by atoms with E-state index >= 15 is 0 Å². The lowest BCUT2D eigenvalue weighted by Crippen LogP contribution is -2.38. The molecule has 0 spiro atoms. The van der Waals surface area contributed by atoms with Gasteiger partial charge in [-0.1, -0.05) is 85.1 Å². The maximum absolute atomic E-state index is 12.9. The summed E-state index contributed by atoms with van der Waals surface area (Å²) in [5.74, 6) is 0. The van der Waals surface area contributed by atoms with E-state index in [0.29, 0.717) is 6.42 Å². The van der Waals surface area contributed by atoms with Crippen molar-refractivity contribution in [2.75, 3.05) is 13.2 Å². The number of halogens is 4. The number of allylic oxidation sites excluding steroid dienone is 4. The average molecular weight is 578 g/mol. The van der Waals surface area contributed by atoms with Crippen LogP contribution in [0, 0.1) is 0 Å². The molecule has 0 aliphatic heterocycles. The maximum Gasteiger partial charge on any atom is 0.412 e. The highest BCUT2D eigenvalue weighted by Gasteiger charge is 2.31. The summed E-state index contributed by atoms with van der Waals surface area (Å²) < 4.78 is 43.3. The van der Waals surface area contributed by atoms with Gasteiger partial charge in [0.15, 0.2) is 0 Å². The third-order valence-corrected chi connectivity index (χ3v) is 3.87. The number of hydrogen-bond acceptors (Lipinski definition) is 4. The Morgan fingerprint density at radius 2 is 1.62 bits per heavy atom. The fourth-order valence-electron chi connectivity index (χ4n) is 2.19. The van der Waals surface area contributed by atoms with Crippen LogP contribution in [-0.4, -0.2) is 30.6 Å². The van der Waals surface area contributed by atoms with Gasteiger partial charge in [0.25, 0.3) is 0 Å². The molecule has 0 saturated heterocycles. The van der Waals surface area contributed by atoms with E-state index in [-0.39, 0.29) is 18.3 Å². The minimum absolute atomic E-state index is 0.0563. The standard InChI is InChI=1S/C20H33F3N2O.2C2H6.H2IN/c1-4-6-7-8-10-14-24-19(5-2)25-15-13-18(12-9-11-16-26)17(3)20(21,22)23;3*1-2/h5,9,12-13,15,19,24-26H,2,4,6-8,10-11,14,16H2,1,3H3;2*1-2H3;2H2/b12-9-,15-13+,18-17-;;;. The van der Waals surface area contributed by atoms with Crippen molar-refractivity contribution in [1.29, 1.82) is 0 Å². The zero-order valence-corrected chi connectivity index (χ0v) is 23.0. The Hall–Kier alpha value is -0.840. The first kappa shape index (κ1) is 38.4. The summed E-state index contributed by atoms with van der Waals surface area (Å²) >= 11 is 1.65. The van der Waals surface area contributed by atoms with Gasteiger partial charge in [0.1, 0.15) is 0 Å². The van der Waals surface area contributed by atoms with Crippen molar-refractivity contribution >= 4 is 22.9 Å². The Balaban J connectivity index is -0.000000597. The van der Waals surface area contributed by atoms with Crippen LogP contribution < -0.4 is 14.6 Å². The predicted molar refractivity (Wildman–Crippen MR) is 144 cm³/mol. The van der Waals surface area contributed by atoms with Gasteiger partial charge in [-0.3, -0.25) is 9.26 Å². The van der Waals surface area contributed by atoms with E-state index in [9.17, 15) is 13.2 Å². The highest BCUT2D eigenvalue weighted by atomic mass is 127. The largest absolute Gasteiger partial charge is 0.412 e. The van der Waals surface area contributed by atoms with Gasteiger partial charge in [-0.2, -0.15) is 13.2 Å². The van der Waals surface area contributed by atoms with E-state index in [2.05, 4.69) is 28.1 Å². The summed E-state index contributed by atoms with van der Waals surface area (Å²) in [6.07, 6.45) is 9.04. The highest BCUT2D eigenvalue weighted by Crippen LogP contribution is 2.28. The minimum atomic E-state index is -4.39. The van der Waals surface area contributed by atoms with Crippen LogP contribution in [0.15, 0.2) is 48.2 Å². The van der Waals surface area contributed by atoms with Crippen LogP contribution in [0.1, 0.15) is 80.1 Å². The van der Waals surface area contributed by atoms with Crippen molar-refractivity contribution in [3.8, 4) is 0 Å². The molecular weight excluding hydrogens is 530 g/mol. The lowest BCUT2D eigenvalue weighted by Gasteiger charge is -2.15. The van der Waals surface area contributed by atoms with Gasteiger partial charge >= 0.3 is 6.18 Å². The zero-order chi connectivity index (χ0) is 25.8. The van der Waals surface area contributed by atoms with Crippen LogP contribution in [0.4, 0.5) is 13.2 Å². The summed E-state index contributed by atoms with van der Waals surface area (Å²) in [4.78, 5) is 0. The van der Waals surface area contributed by atoms with E-state index in [0.717, 1.165) is 26.3 Å². The summed E-state index contributed by atoms with van der Waals surface area (Å²) in [6.45, 7) is 15.7. The molecule has 0 rings (SSSR count). The third-order valence-electron chi connectivity index (χ3n) is 3.87. The van der Waals surface area contributed by atoms with Crippen LogP contribution in [0.5, 0.6) is 0 Å². The zero-order valence-electron chi connectivity index (χ0n) is 20.9. The van der Waals surface area contributed by atoms with Crippen LogP contribution >= 0.6 is 22.9 Å². The Kier molecular flexibility index (Phi) is 36.2. The molecule has 32 heavy (non-hydrogen) atoms.